The summed E-state index contributed by atoms with van der Waals surface area (Å²) in [6, 6.07) is 13.6. The zero-order valence-corrected chi connectivity index (χ0v) is 15.3. The lowest BCUT2D eigenvalue weighted by molar-refractivity contribution is 0.0526. The molecule has 134 valence electrons. The highest BCUT2D eigenvalue weighted by molar-refractivity contribution is 7.98. The fourth-order valence-electron chi connectivity index (χ4n) is 1.97. The molecule has 0 aliphatic carbocycles. The summed E-state index contributed by atoms with van der Waals surface area (Å²) in [5, 5.41) is 9.66. The van der Waals surface area contributed by atoms with Crippen LogP contribution in [0.5, 0.6) is 0 Å². The van der Waals surface area contributed by atoms with E-state index in [0.29, 0.717) is 16.3 Å². The van der Waals surface area contributed by atoms with Crippen molar-refractivity contribution >= 4 is 44.1 Å². The van der Waals surface area contributed by atoms with Crippen LogP contribution in [0.3, 0.4) is 0 Å². The standard InChI is InChI=1S/C18H15ClN2O4S/c1-2-25-18(22)13-4-3-5-15(10-13)21-12-17(11-20)26(23,24)16-8-6-14(19)7-9-16/h3-10,12H,2H2,1H3,(H,23,24). The van der Waals surface area contributed by atoms with E-state index in [1.165, 1.54) is 30.3 Å². The maximum atomic E-state index is 12.6. The number of benzene rings is 2. The minimum absolute atomic E-state index is 0.0465. The number of aliphatic imine (C=N–C) groups is 1. The molecular formula is C18H15ClN2O4S. The van der Waals surface area contributed by atoms with Crippen molar-refractivity contribution in [1.29, 1.82) is 5.26 Å². The smallest absolute Gasteiger partial charge is 0.338 e. The summed E-state index contributed by atoms with van der Waals surface area (Å²) in [6.07, 6.45) is 1.02. The molecule has 2 rings (SSSR count). The van der Waals surface area contributed by atoms with Crippen LogP contribution in [-0.4, -0.2) is 32.4 Å². The van der Waals surface area contributed by atoms with Gasteiger partial charge in [-0.3, -0.25) is 4.99 Å². The van der Waals surface area contributed by atoms with E-state index >= 15 is 0 Å². The van der Waals surface area contributed by atoms with Crippen LogP contribution in [0.2, 0.25) is 5.02 Å². The van der Waals surface area contributed by atoms with E-state index in [2.05, 4.69) is 4.99 Å². The van der Waals surface area contributed by atoms with Crippen LogP contribution in [0.1, 0.15) is 17.3 Å². The molecule has 0 radical (unpaired) electrons. The molecular weight excluding hydrogens is 376 g/mol. The van der Waals surface area contributed by atoms with Crippen molar-refractivity contribution in [3.63, 3.8) is 0 Å². The Hall–Kier alpha value is -2.66. The first-order valence-electron chi connectivity index (χ1n) is 7.49. The molecule has 1 atom stereocenters. The van der Waals surface area contributed by atoms with E-state index in [4.69, 9.17) is 16.3 Å². The van der Waals surface area contributed by atoms with Crippen molar-refractivity contribution in [3.8, 4) is 6.07 Å². The highest BCUT2D eigenvalue weighted by atomic mass is 35.5. The van der Waals surface area contributed by atoms with Gasteiger partial charge in [-0.1, -0.05) is 17.7 Å². The van der Waals surface area contributed by atoms with E-state index in [1.807, 2.05) is 0 Å². The Labute approximate surface area is 156 Å². The number of nitrogens with zero attached hydrogens (tertiary/aromatic N) is 2. The average Bonchev–Trinajstić information content (AvgIpc) is 2.63. The van der Waals surface area contributed by atoms with Crippen molar-refractivity contribution in [3.05, 3.63) is 59.1 Å². The van der Waals surface area contributed by atoms with Crippen molar-refractivity contribution in [2.24, 2.45) is 4.99 Å². The van der Waals surface area contributed by atoms with Gasteiger partial charge in [-0.25, -0.2) is 9.00 Å². The first-order chi connectivity index (χ1) is 12.4. The first-order valence-corrected chi connectivity index (χ1v) is 9.38. The van der Waals surface area contributed by atoms with E-state index < -0.39 is 20.6 Å². The number of halogens is 1. The van der Waals surface area contributed by atoms with Gasteiger partial charge in [0.25, 0.3) is 0 Å². The van der Waals surface area contributed by atoms with Crippen LogP contribution in [0.15, 0.2) is 58.4 Å². The molecule has 1 N–H and O–H groups in total. The number of hydrogen-bond donors (Lipinski definition) is 1. The molecule has 6 nitrogen and oxygen atoms in total. The molecule has 0 saturated heterocycles. The van der Waals surface area contributed by atoms with Crippen LogP contribution >= 0.6 is 11.6 Å². The Morgan fingerprint density at radius 2 is 2.04 bits per heavy atom. The Morgan fingerprint density at radius 3 is 2.65 bits per heavy atom. The van der Waals surface area contributed by atoms with Gasteiger partial charge in [0.2, 0.25) is 0 Å². The molecule has 8 heteroatoms. The number of nitriles is 1. The zero-order chi connectivity index (χ0) is 19.2. The normalized spacial score (nSPS) is 13.0. The minimum Gasteiger partial charge on any atom is -0.462 e. The fourth-order valence-corrected chi connectivity index (χ4v) is 3.17. The number of rotatable bonds is 5. The maximum absolute atomic E-state index is 12.6. The fraction of sp³-hybridized carbons (Fsp3) is 0.111. The predicted molar refractivity (Wildman–Crippen MR) is 102 cm³/mol. The highest BCUT2D eigenvalue weighted by Gasteiger charge is 2.14. The average molecular weight is 391 g/mol. The van der Waals surface area contributed by atoms with Crippen LogP contribution in [0.4, 0.5) is 5.69 Å². The molecule has 2 aromatic rings. The molecule has 1 unspecified atom stereocenters. The van der Waals surface area contributed by atoms with E-state index in [0.717, 1.165) is 6.21 Å². The third kappa shape index (κ3) is 4.70. The van der Waals surface area contributed by atoms with Gasteiger partial charge in [-0.05, 0) is 49.4 Å². The van der Waals surface area contributed by atoms with Crippen molar-refractivity contribution in [2.75, 3.05) is 6.61 Å². The Kier molecular flexibility index (Phi) is 6.52. The second-order valence-corrected chi connectivity index (χ2v) is 7.38. The Bertz CT molecular complexity index is 1000. The molecule has 0 fully saturated rings. The van der Waals surface area contributed by atoms with E-state index in [9.17, 15) is 18.8 Å². The summed E-state index contributed by atoms with van der Waals surface area (Å²) in [5.41, 5.74) is 0.636. The third-order valence-electron chi connectivity index (χ3n) is 3.23. The summed E-state index contributed by atoms with van der Waals surface area (Å²) in [4.78, 5) is 15.4. The SMILES string of the molecule is CCOC(=O)c1cccc(N=CC(C#N)=S(=O)(O)c2ccc(Cl)cc2)c1. The number of ether oxygens (including phenoxy) is 1. The molecule has 2 aromatic carbocycles. The van der Waals surface area contributed by atoms with Gasteiger partial charge in [0.1, 0.15) is 15.9 Å². The molecule has 0 aliphatic rings. The maximum Gasteiger partial charge on any atom is 0.338 e. The molecule has 26 heavy (non-hydrogen) atoms. The van der Waals surface area contributed by atoms with Gasteiger partial charge < -0.3 is 9.29 Å². The van der Waals surface area contributed by atoms with Gasteiger partial charge in [0, 0.05) is 5.02 Å². The summed E-state index contributed by atoms with van der Waals surface area (Å²) < 4.78 is 27.8. The van der Waals surface area contributed by atoms with Crippen molar-refractivity contribution in [1.82, 2.24) is 0 Å². The molecule has 0 heterocycles. The Balaban J connectivity index is 2.40. The Morgan fingerprint density at radius 1 is 1.35 bits per heavy atom. The molecule has 0 spiro atoms. The van der Waals surface area contributed by atoms with Crippen LogP contribution < -0.4 is 0 Å². The molecule has 0 amide bonds. The van der Waals surface area contributed by atoms with Crippen molar-refractivity contribution in [2.45, 2.75) is 11.8 Å². The van der Waals surface area contributed by atoms with Gasteiger partial charge in [0.05, 0.1) is 29.0 Å². The summed E-state index contributed by atoms with van der Waals surface area (Å²) in [5.74, 6) is -0.499. The van der Waals surface area contributed by atoms with Crippen LogP contribution in [0.25, 0.3) is 0 Å². The van der Waals surface area contributed by atoms with Crippen LogP contribution in [-0.2, 0) is 14.5 Å². The van der Waals surface area contributed by atoms with Gasteiger partial charge in [-0.2, -0.15) is 5.26 Å². The number of carbonyl (C=O) groups excluding carboxylic acids is 1. The quantitative estimate of drug-likeness (QED) is 0.476. The summed E-state index contributed by atoms with van der Waals surface area (Å²) >= 11 is 5.77. The molecule has 0 aromatic heterocycles. The van der Waals surface area contributed by atoms with Crippen LogP contribution in [0, 0.1) is 11.3 Å². The topological polar surface area (TPSA) is 99.8 Å². The van der Waals surface area contributed by atoms with Gasteiger partial charge >= 0.3 is 5.97 Å². The number of hydrogen-bond acceptors (Lipinski definition) is 5. The van der Waals surface area contributed by atoms with Crippen molar-refractivity contribution < 1.29 is 18.3 Å². The minimum atomic E-state index is -3.77. The van der Waals surface area contributed by atoms with E-state index in [1.54, 1.807) is 31.2 Å². The largest absolute Gasteiger partial charge is 0.462 e. The molecule has 0 aliphatic heterocycles. The summed E-state index contributed by atoms with van der Waals surface area (Å²) in [6.45, 7) is 1.94. The molecule has 0 saturated carbocycles. The van der Waals surface area contributed by atoms with Gasteiger partial charge in [-0.15, -0.1) is 0 Å². The lowest BCUT2D eigenvalue weighted by atomic mass is 10.2. The monoisotopic (exact) mass is 390 g/mol. The lowest BCUT2D eigenvalue weighted by Gasteiger charge is -2.05. The number of esters is 1. The third-order valence-corrected chi connectivity index (χ3v) is 5.19. The lowest BCUT2D eigenvalue weighted by Crippen LogP contribution is -2.13. The first kappa shape index (κ1) is 19.7. The highest BCUT2D eigenvalue weighted by Crippen LogP contribution is 2.17. The number of carbonyl (C=O) groups is 1. The summed E-state index contributed by atoms with van der Waals surface area (Å²) in [7, 11) is -3.77. The second-order valence-electron chi connectivity index (χ2n) is 4.98. The van der Waals surface area contributed by atoms with E-state index in [-0.39, 0.29) is 11.5 Å². The predicted octanol–water partition coefficient (Wildman–Crippen LogP) is 3.73. The zero-order valence-electron chi connectivity index (χ0n) is 13.8. The second kappa shape index (κ2) is 8.63. The molecule has 0 bridgehead atoms. The van der Waals surface area contributed by atoms with Gasteiger partial charge in [0.15, 0.2) is 4.86 Å².